The second kappa shape index (κ2) is 3.55. The van der Waals surface area contributed by atoms with E-state index in [-0.39, 0.29) is 0 Å². The van der Waals surface area contributed by atoms with Gasteiger partial charge in [0.15, 0.2) is 0 Å². The lowest BCUT2D eigenvalue weighted by molar-refractivity contribution is -0.816. The smallest absolute Gasteiger partial charge is 0.0958 e. The van der Waals surface area contributed by atoms with Crippen molar-refractivity contribution in [2.45, 2.75) is 0 Å². The summed E-state index contributed by atoms with van der Waals surface area (Å²) in [6.45, 7) is 0. The number of benzene rings is 1. The lowest BCUT2D eigenvalue weighted by Gasteiger charge is -2.17. The van der Waals surface area contributed by atoms with E-state index >= 15 is 0 Å². The highest BCUT2D eigenvalue weighted by Gasteiger charge is 1.98. The standard InChI is InChI=1S/C11H16N/c1-12(2,3)10-9-11-7-5-4-6-8-11/h4-10H,1-3H3/q+1/b10-9-. The Hall–Kier alpha value is -1.08. The van der Waals surface area contributed by atoms with Crippen molar-refractivity contribution in [1.82, 2.24) is 0 Å². The topological polar surface area (TPSA) is 0 Å². The third-order valence-corrected chi connectivity index (χ3v) is 1.51. The largest absolute Gasteiger partial charge is 0.305 e. The molecule has 1 heteroatoms. The van der Waals surface area contributed by atoms with Gasteiger partial charge in [0.25, 0.3) is 0 Å². The maximum absolute atomic E-state index is 2.16. The van der Waals surface area contributed by atoms with E-state index in [1.54, 1.807) is 0 Å². The van der Waals surface area contributed by atoms with Gasteiger partial charge < -0.3 is 4.48 Å². The van der Waals surface area contributed by atoms with Crippen LogP contribution >= 0.6 is 0 Å². The minimum Gasteiger partial charge on any atom is -0.305 e. The van der Waals surface area contributed by atoms with Gasteiger partial charge in [-0.1, -0.05) is 30.3 Å². The first-order chi connectivity index (χ1) is 5.58. The predicted octanol–water partition coefficient (Wildman–Crippen LogP) is 2.36. The summed E-state index contributed by atoms with van der Waals surface area (Å²) in [6.07, 6.45) is 4.30. The van der Waals surface area contributed by atoms with Gasteiger partial charge in [-0.05, 0) is 11.6 Å². The number of nitrogens with zero attached hydrogens (tertiary/aromatic N) is 1. The molecule has 0 atom stereocenters. The highest BCUT2D eigenvalue weighted by molar-refractivity contribution is 5.47. The summed E-state index contributed by atoms with van der Waals surface area (Å²) in [6, 6.07) is 10.3. The van der Waals surface area contributed by atoms with E-state index in [0.29, 0.717) is 0 Å². The Balaban J connectivity index is 2.71. The van der Waals surface area contributed by atoms with Crippen LogP contribution in [0.3, 0.4) is 0 Å². The van der Waals surface area contributed by atoms with Crippen LogP contribution in [0.1, 0.15) is 5.56 Å². The molecule has 1 rings (SSSR count). The van der Waals surface area contributed by atoms with Crippen molar-refractivity contribution in [3.05, 3.63) is 42.1 Å². The Kier molecular flexibility index (Phi) is 2.66. The van der Waals surface area contributed by atoms with Crippen LogP contribution in [0.2, 0.25) is 0 Å². The Bertz CT molecular complexity index is 254. The molecule has 1 aromatic rings. The quantitative estimate of drug-likeness (QED) is 0.586. The lowest BCUT2D eigenvalue weighted by atomic mass is 10.2. The first-order valence-electron chi connectivity index (χ1n) is 4.13. The minimum absolute atomic E-state index is 0.856. The number of rotatable bonds is 2. The van der Waals surface area contributed by atoms with Crippen LogP contribution in [0, 0.1) is 0 Å². The van der Waals surface area contributed by atoms with E-state index in [4.69, 9.17) is 0 Å². The van der Waals surface area contributed by atoms with Crippen LogP contribution in [0.25, 0.3) is 6.08 Å². The molecule has 1 aromatic carbocycles. The van der Waals surface area contributed by atoms with Crippen molar-refractivity contribution in [2.24, 2.45) is 0 Å². The van der Waals surface area contributed by atoms with Crippen LogP contribution in [-0.2, 0) is 0 Å². The van der Waals surface area contributed by atoms with Crippen LogP contribution in [0.5, 0.6) is 0 Å². The van der Waals surface area contributed by atoms with Crippen molar-refractivity contribution in [3.63, 3.8) is 0 Å². The minimum atomic E-state index is 0.856. The summed E-state index contributed by atoms with van der Waals surface area (Å²) >= 11 is 0. The average molecular weight is 162 g/mol. The van der Waals surface area contributed by atoms with Crippen LogP contribution in [0.4, 0.5) is 0 Å². The second-order valence-electron chi connectivity index (χ2n) is 3.84. The number of hydrogen-bond acceptors (Lipinski definition) is 0. The molecule has 0 radical (unpaired) electrons. The molecule has 12 heavy (non-hydrogen) atoms. The third kappa shape index (κ3) is 3.35. The van der Waals surface area contributed by atoms with Crippen LogP contribution < -0.4 is 0 Å². The van der Waals surface area contributed by atoms with Gasteiger partial charge >= 0.3 is 0 Å². The molecule has 0 aliphatic rings. The summed E-state index contributed by atoms with van der Waals surface area (Å²) in [5, 5.41) is 0. The molecule has 0 unspecified atom stereocenters. The molecule has 0 heterocycles. The molecule has 0 aliphatic carbocycles. The molecule has 0 saturated carbocycles. The highest BCUT2D eigenvalue weighted by Crippen LogP contribution is 2.03. The Morgan fingerprint density at radius 2 is 1.58 bits per heavy atom. The first-order valence-corrected chi connectivity index (χ1v) is 4.13. The monoisotopic (exact) mass is 162 g/mol. The zero-order valence-corrected chi connectivity index (χ0v) is 7.99. The van der Waals surface area contributed by atoms with Crippen molar-refractivity contribution < 1.29 is 4.48 Å². The SMILES string of the molecule is C[N+](C)(C)/C=C\c1ccccc1. The van der Waals surface area contributed by atoms with Gasteiger partial charge in [-0.2, -0.15) is 0 Å². The fourth-order valence-corrected chi connectivity index (χ4v) is 0.874. The molecular weight excluding hydrogens is 146 g/mol. The summed E-state index contributed by atoms with van der Waals surface area (Å²) in [7, 11) is 6.41. The van der Waals surface area contributed by atoms with Crippen molar-refractivity contribution in [2.75, 3.05) is 21.1 Å². The van der Waals surface area contributed by atoms with Crippen molar-refractivity contribution in [3.8, 4) is 0 Å². The maximum atomic E-state index is 2.16. The zero-order valence-electron chi connectivity index (χ0n) is 7.99. The molecule has 0 bridgehead atoms. The summed E-state index contributed by atoms with van der Waals surface area (Å²) < 4.78 is 0.856. The Morgan fingerprint density at radius 1 is 1.00 bits per heavy atom. The van der Waals surface area contributed by atoms with E-state index in [2.05, 4.69) is 57.7 Å². The molecule has 0 saturated heterocycles. The second-order valence-corrected chi connectivity index (χ2v) is 3.84. The van der Waals surface area contributed by atoms with Gasteiger partial charge in [0, 0.05) is 0 Å². The summed E-state index contributed by atoms with van der Waals surface area (Å²) in [5.74, 6) is 0. The summed E-state index contributed by atoms with van der Waals surface area (Å²) in [4.78, 5) is 0. The molecule has 0 amide bonds. The van der Waals surface area contributed by atoms with Gasteiger partial charge in [-0.15, -0.1) is 0 Å². The molecule has 0 aromatic heterocycles. The van der Waals surface area contributed by atoms with Crippen molar-refractivity contribution >= 4 is 6.08 Å². The van der Waals surface area contributed by atoms with E-state index in [1.165, 1.54) is 5.56 Å². The van der Waals surface area contributed by atoms with Crippen molar-refractivity contribution in [1.29, 1.82) is 0 Å². The van der Waals surface area contributed by atoms with E-state index in [1.807, 2.05) is 6.07 Å². The normalized spacial score (nSPS) is 12.2. The average Bonchev–Trinajstić information content (AvgIpc) is 2.02. The molecular formula is C11H16N+. The van der Waals surface area contributed by atoms with Gasteiger partial charge in [-0.3, -0.25) is 0 Å². The van der Waals surface area contributed by atoms with E-state index in [9.17, 15) is 0 Å². The van der Waals surface area contributed by atoms with E-state index in [0.717, 1.165) is 4.48 Å². The Morgan fingerprint density at radius 3 is 2.08 bits per heavy atom. The maximum Gasteiger partial charge on any atom is 0.0958 e. The van der Waals surface area contributed by atoms with Crippen LogP contribution in [0.15, 0.2) is 36.5 Å². The fourth-order valence-electron chi connectivity index (χ4n) is 0.874. The van der Waals surface area contributed by atoms with Crippen LogP contribution in [-0.4, -0.2) is 25.6 Å². The molecule has 1 nitrogen and oxygen atoms in total. The molecule has 0 N–H and O–H groups in total. The lowest BCUT2D eigenvalue weighted by Crippen LogP contribution is -2.26. The first kappa shape index (κ1) is 9.01. The predicted molar refractivity (Wildman–Crippen MR) is 53.5 cm³/mol. The third-order valence-electron chi connectivity index (χ3n) is 1.51. The van der Waals surface area contributed by atoms with Gasteiger partial charge in [0.05, 0.1) is 27.3 Å². The summed E-state index contributed by atoms with van der Waals surface area (Å²) in [5.41, 5.74) is 1.26. The zero-order chi connectivity index (χ0) is 9.03. The molecule has 0 fully saturated rings. The number of quaternary nitrogens is 1. The molecule has 0 aliphatic heterocycles. The highest BCUT2D eigenvalue weighted by atomic mass is 15.3. The Labute approximate surface area is 74.5 Å². The van der Waals surface area contributed by atoms with Gasteiger partial charge in [0.1, 0.15) is 0 Å². The number of hydrogen-bond donors (Lipinski definition) is 0. The van der Waals surface area contributed by atoms with E-state index < -0.39 is 0 Å². The van der Waals surface area contributed by atoms with Gasteiger partial charge in [-0.25, -0.2) is 0 Å². The van der Waals surface area contributed by atoms with Gasteiger partial charge in [0.2, 0.25) is 0 Å². The molecule has 64 valence electrons. The molecule has 0 spiro atoms. The fraction of sp³-hybridized carbons (Fsp3) is 0.273.